The molecule has 1 N–H and O–H groups in total. The molecule has 2 atom stereocenters. The number of hydrogen-bond acceptors (Lipinski definition) is 2. The van der Waals surface area contributed by atoms with Gasteiger partial charge < -0.3 is 10.1 Å². The molecule has 0 fully saturated rings. The van der Waals surface area contributed by atoms with Gasteiger partial charge in [-0.2, -0.15) is 0 Å². The third kappa shape index (κ3) is 2.50. The lowest BCUT2D eigenvalue weighted by atomic mass is 9.97. The molecule has 0 aliphatic heterocycles. The Morgan fingerprint density at radius 1 is 1.41 bits per heavy atom. The summed E-state index contributed by atoms with van der Waals surface area (Å²) >= 11 is 3.69. The number of ether oxygens (including phenoxy) is 1. The van der Waals surface area contributed by atoms with Crippen LogP contribution in [0.5, 0.6) is 5.75 Å². The number of halogens is 1. The van der Waals surface area contributed by atoms with Gasteiger partial charge in [0.05, 0.1) is 7.11 Å². The Morgan fingerprint density at radius 2 is 2.18 bits per heavy atom. The highest BCUT2D eigenvalue weighted by Crippen LogP contribution is 2.40. The van der Waals surface area contributed by atoms with Gasteiger partial charge in [0.25, 0.3) is 0 Å². The summed E-state index contributed by atoms with van der Waals surface area (Å²) in [5.41, 5.74) is 2.75. The van der Waals surface area contributed by atoms with Gasteiger partial charge in [-0.3, -0.25) is 0 Å². The van der Waals surface area contributed by atoms with Crippen molar-refractivity contribution < 1.29 is 4.74 Å². The summed E-state index contributed by atoms with van der Waals surface area (Å²) in [6.45, 7) is 2.33. The summed E-state index contributed by atoms with van der Waals surface area (Å²) in [6.07, 6.45) is 3.53. The number of hydrogen-bond donors (Lipinski definition) is 1. The Hall–Kier alpha value is -0.540. The predicted octanol–water partition coefficient (Wildman–Crippen LogP) is 3.69. The van der Waals surface area contributed by atoms with Crippen LogP contribution in [0.3, 0.4) is 0 Å². The van der Waals surface area contributed by atoms with Crippen LogP contribution in [0.1, 0.15) is 36.9 Å². The molecule has 2 nitrogen and oxygen atoms in total. The van der Waals surface area contributed by atoms with Crippen molar-refractivity contribution in [1.29, 1.82) is 0 Å². The highest BCUT2D eigenvalue weighted by atomic mass is 79.9. The van der Waals surface area contributed by atoms with E-state index in [0.29, 0.717) is 6.04 Å². The SMILES string of the molecule is CNC1CC(C)CCc2c(OC)ccc(Br)c21. The number of methoxy groups -OCH3 is 1. The van der Waals surface area contributed by atoms with E-state index in [2.05, 4.69) is 40.3 Å². The minimum atomic E-state index is 0.423. The van der Waals surface area contributed by atoms with Gasteiger partial charge in [-0.05, 0) is 49.9 Å². The summed E-state index contributed by atoms with van der Waals surface area (Å²) in [5.74, 6) is 1.77. The van der Waals surface area contributed by atoms with E-state index in [4.69, 9.17) is 4.74 Å². The van der Waals surface area contributed by atoms with Crippen LogP contribution in [0.25, 0.3) is 0 Å². The molecule has 0 heterocycles. The summed E-state index contributed by atoms with van der Waals surface area (Å²) < 4.78 is 6.70. The maximum Gasteiger partial charge on any atom is 0.122 e. The van der Waals surface area contributed by atoms with E-state index >= 15 is 0 Å². The topological polar surface area (TPSA) is 21.3 Å². The lowest BCUT2D eigenvalue weighted by molar-refractivity contribution is 0.407. The monoisotopic (exact) mass is 297 g/mol. The van der Waals surface area contributed by atoms with Crippen molar-refractivity contribution in [3.8, 4) is 5.75 Å². The third-order valence-corrected chi connectivity index (χ3v) is 4.39. The van der Waals surface area contributed by atoms with Crippen LogP contribution in [0.15, 0.2) is 16.6 Å². The molecule has 3 heteroatoms. The average molecular weight is 298 g/mol. The molecule has 1 aliphatic rings. The third-order valence-electron chi connectivity index (χ3n) is 3.70. The molecule has 17 heavy (non-hydrogen) atoms. The van der Waals surface area contributed by atoms with E-state index in [1.807, 2.05) is 7.05 Å². The second kappa shape index (κ2) is 5.40. The van der Waals surface area contributed by atoms with E-state index in [0.717, 1.165) is 18.1 Å². The Kier molecular flexibility index (Phi) is 4.10. The highest BCUT2D eigenvalue weighted by Gasteiger charge is 2.25. The van der Waals surface area contributed by atoms with E-state index in [1.54, 1.807) is 7.11 Å². The Labute approximate surface area is 112 Å². The van der Waals surface area contributed by atoms with Gasteiger partial charge in [0.15, 0.2) is 0 Å². The quantitative estimate of drug-likeness (QED) is 0.841. The van der Waals surface area contributed by atoms with Crippen molar-refractivity contribution in [2.45, 2.75) is 32.2 Å². The number of fused-ring (bicyclic) bond motifs is 1. The van der Waals surface area contributed by atoms with Crippen molar-refractivity contribution in [1.82, 2.24) is 5.32 Å². The van der Waals surface area contributed by atoms with Crippen molar-refractivity contribution in [3.63, 3.8) is 0 Å². The summed E-state index contributed by atoms with van der Waals surface area (Å²) in [6, 6.07) is 4.58. The van der Waals surface area contributed by atoms with Crippen LogP contribution in [-0.4, -0.2) is 14.2 Å². The standard InChI is InChI=1S/C14H20BrNO/c1-9-4-5-10-13(17-3)7-6-11(15)14(10)12(8-9)16-2/h6-7,9,12,16H,4-5,8H2,1-3H3. The molecule has 94 valence electrons. The molecule has 1 aliphatic carbocycles. The molecule has 0 radical (unpaired) electrons. The van der Waals surface area contributed by atoms with Gasteiger partial charge in [0.1, 0.15) is 5.75 Å². The fourth-order valence-corrected chi connectivity index (χ4v) is 3.38. The highest BCUT2D eigenvalue weighted by molar-refractivity contribution is 9.10. The molecule has 0 saturated carbocycles. The molecule has 0 bridgehead atoms. The van der Waals surface area contributed by atoms with Gasteiger partial charge in [-0.1, -0.05) is 22.9 Å². The first-order valence-corrected chi connectivity index (χ1v) is 6.99. The first-order valence-electron chi connectivity index (χ1n) is 6.20. The lowest BCUT2D eigenvalue weighted by Crippen LogP contribution is -2.19. The fourth-order valence-electron chi connectivity index (χ4n) is 2.73. The molecule has 0 spiro atoms. The summed E-state index contributed by atoms with van der Waals surface area (Å²) in [5, 5.41) is 3.44. The van der Waals surface area contributed by atoms with Crippen LogP contribution in [0.4, 0.5) is 0 Å². The van der Waals surface area contributed by atoms with Crippen LogP contribution in [-0.2, 0) is 6.42 Å². The van der Waals surface area contributed by atoms with Gasteiger partial charge in [-0.25, -0.2) is 0 Å². The van der Waals surface area contributed by atoms with Gasteiger partial charge in [0.2, 0.25) is 0 Å². The molecule has 1 aromatic carbocycles. The van der Waals surface area contributed by atoms with Crippen molar-refractivity contribution in [2.24, 2.45) is 5.92 Å². The fraction of sp³-hybridized carbons (Fsp3) is 0.571. The molecule has 1 aromatic rings. The summed E-state index contributed by atoms with van der Waals surface area (Å²) in [4.78, 5) is 0. The predicted molar refractivity (Wildman–Crippen MR) is 74.6 cm³/mol. The minimum absolute atomic E-state index is 0.423. The van der Waals surface area contributed by atoms with Gasteiger partial charge in [0, 0.05) is 16.1 Å². The first kappa shape index (κ1) is 12.9. The summed E-state index contributed by atoms with van der Waals surface area (Å²) in [7, 11) is 3.80. The molecule has 0 amide bonds. The Bertz CT molecular complexity index is 405. The largest absolute Gasteiger partial charge is 0.496 e. The smallest absolute Gasteiger partial charge is 0.122 e. The number of nitrogens with one attached hydrogen (secondary N) is 1. The van der Waals surface area contributed by atoms with Crippen molar-refractivity contribution in [2.75, 3.05) is 14.2 Å². The molecule has 2 unspecified atom stereocenters. The zero-order valence-corrected chi connectivity index (χ0v) is 12.3. The van der Waals surface area contributed by atoms with Gasteiger partial charge in [-0.15, -0.1) is 0 Å². The van der Waals surface area contributed by atoms with E-state index < -0.39 is 0 Å². The van der Waals surface area contributed by atoms with Crippen LogP contribution in [0.2, 0.25) is 0 Å². The normalized spacial score (nSPS) is 24.0. The van der Waals surface area contributed by atoms with E-state index in [-0.39, 0.29) is 0 Å². The molecular weight excluding hydrogens is 278 g/mol. The Balaban J connectivity index is 2.53. The average Bonchev–Trinajstić information content (AvgIpc) is 2.50. The second-order valence-electron chi connectivity index (χ2n) is 4.86. The molecule has 2 rings (SSSR count). The maximum atomic E-state index is 5.50. The zero-order valence-electron chi connectivity index (χ0n) is 10.7. The maximum absolute atomic E-state index is 5.50. The van der Waals surface area contributed by atoms with E-state index in [9.17, 15) is 0 Å². The zero-order chi connectivity index (χ0) is 12.4. The van der Waals surface area contributed by atoms with Crippen LogP contribution < -0.4 is 10.1 Å². The van der Waals surface area contributed by atoms with Crippen LogP contribution >= 0.6 is 15.9 Å². The van der Waals surface area contributed by atoms with E-state index in [1.165, 1.54) is 28.4 Å². The lowest BCUT2D eigenvalue weighted by Gasteiger charge is -2.21. The number of rotatable bonds is 2. The van der Waals surface area contributed by atoms with Crippen LogP contribution in [0, 0.1) is 5.92 Å². The van der Waals surface area contributed by atoms with Crippen molar-refractivity contribution in [3.05, 3.63) is 27.7 Å². The molecular formula is C14H20BrNO. The Morgan fingerprint density at radius 3 is 2.82 bits per heavy atom. The first-order chi connectivity index (χ1) is 8.17. The minimum Gasteiger partial charge on any atom is -0.496 e. The second-order valence-corrected chi connectivity index (χ2v) is 5.72. The van der Waals surface area contributed by atoms with Gasteiger partial charge >= 0.3 is 0 Å². The molecule has 0 aromatic heterocycles. The van der Waals surface area contributed by atoms with Crippen molar-refractivity contribution >= 4 is 15.9 Å². The number of benzene rings is 1. The molecule has 0 saturated heterocycles.